The van der Waals surface area contributed by atoms with Gasteiger partial charge in [0.2, 0.25) is 5.91 Å². The van der Waals surface area contributed by atoms with E-state index in [4.69, 9.17) is 9.47 Å². The molecule has 4 N–H and O–H groups in total. The van der Waals surface area contributed by atoms with Crippen LogP contribution >= 0.6 is 0 Å². The average Bonchev–Trinajstić information content (AvgIpc) is 3.44. The van der Waals surface area contributed by atoms with Crippen LogP contribution in [0.3, 0.4) is 0 Å². The molecule has 7 rings (SSSR count). The summed E-state index contributed by atoms with van der Waals surface area (Å²) in [5.41, 5.74) is 3.57. The SMILES string of the molecule is CCOC(=O)C=C(C)NCc1ccccc1CCNC(=O)C(C)(Cc1c[nH]c2ccccc12)NC(=O)OC1C2CC3CC(C2)CC1C3. The number of carbonyl (C=O) groups excluding carboxylic acids is 3. The number of nitrogens with one attached hydrogen (secondary N) is 4. The zero-order valence-corrected chi connectivity index (χ0v) is 27.8. The maximum atomic E-state index is 14.0. The van der Waals surface area contributed by atoms with Crippen molar-refractivity contribution in [2.45, 2.75) is 83.9 Å². The molecule has 4 bridgehead atoms. The van der Waals surface area contributed by atoms with Crippen LogP contribution in [0, 0.1) is 23.7 Å². The number of benzene rings is 2. The van der Waals surface area contributed by atoms with Gasteiger partial charge in [-0.15, -0.1) is 0 Å². The number of alkyl carbamates (subject to hydrolysis) is 1. The van der Waals surface area contributed by atoms with Crippen LogP contribution < -0.4 is 16.0 Å². The average molecular weight is 641 g/mol. The van der Waals surface area contributed by atoms with Gasteiger partial charge in [-0.2, -0.15) is 0 Å². The second kappa shape index (κ2) is 14.2. The van der Waals surface area contributed by atoms with Crippen molar-refractivity contribution in [1.29, 1.82) is 0 Å². The number of fused-ring (bicyclic) bond motifs is 1. The molecule has 4 fully saturated rings. The maximum absolute atomic E-state index is 14.0. The van der Waals surface area contributed by atoms with E-state index >= 15 is 0 Å². The molecule has 250 valence electrons. The van der Waals surface area contributed by atoms with E-state index in [1.54, 1.807) is 13.8 Å². The van der Waals surface area contributed by atoms with Gasteiger partial charge >= 0.3 is 12.1 Å². The van der Waals surface area contributed by atoms with Crippen molar-refractivity contribution in [3.63, 3.8) is 0 Å². The molecule has 0 aliphatic heterocycles. The predicted molar refractivity (Wildman–Crippen MR) is 181 cm³/mol. The third kappa shape index (κ3) is 7.66. The third-order valence-corrected chi connectivity index (χ3v) is 10.5. The van der Waals surface area contributed by atoms with Crippen LogP contribution in [-0.4, -0.2) is 47.7 Å². The molecule has 4 saturated carbocycles. The highest BCUT2D eigenvalue weighted by atomic mass is 16.6. The molecule has 4 aliphatic rings. The minimum atomic E-state index is -1.23. The first kappa shape index (κ1) is 32.7. The van der Waals surface area contributed by atoms with Gasteiger partial charge in [0.25, 0.3) is 0 Å². The quantitative estimate of drug-likeness (QED) is 0.136. The molecule has 47 heavy (non-hydrogen) atoms. The van der Waals surface area contributed by atoms with Crippen molar-refractivity contribution < 1.29 is 23.9 Å². The zero-order valence-electron chi connectivity index (χ0n) is 27.8. The van der Waals surface area contributed by atoms with Gasteiger partial charge in [-0.05, 0) is 106 Å². The molecule has 3 aromatic rings. The zero-order chi connectivity index (χ0) is 33.0. The number of hydrogen-bond acceptors (Lipinski definition) is 6. The Morgan fingerprint density at radius 2 is 1.60 bits per heavy atom. The number of aromatic nitrogens is 1. The Kier molecular flexibility index (Phi) is 9.89. The van der Waals surface area contributed by atoms with Crippen LogP contribution in [0.25, 0.3) is 10.9 Å². The highest BCUT2D eigenvalue weighted by molar-refractivity contribution is 5.91. The van der Waals surface area contributed by atoms with Crippen LogP contribution in [0.15, 0.2) is 66.5 Å². The first-order valence-electron chi connectivity index (χ1n) is 17.2. The molecule has 2 amide bonds. The number of ether oxygens (including phenoxy) is 2. The Labute approximate surface area is 277 Å². The standard InChI is InChI=1S/C38H48N4O5/c1-4-46-34(43)15-24(2)40-22-28-10-6-5-9-27(28)13-14-39-36(44)38(3,21-31-23-41-33-12-8-7-11-32(31)33)42-37(45)47-35-29-17-25-16-26(19-29)20-30(35)18-25/h5-12,15,23,25-26,29-30,35,40-41H,4,13-14,16-22H2,1-3H3,(H,39,44)(H,42,45). The number of hydrogen-bond donors (Lipinski definition) is 4. The highest BCUT2D eigenvalue weighted by Crippen LogP contribution is 2.54. The van der Waals surface area contributed by atoms with Gasteiger partial charge in [0.05, 0.1) is 6.61 Å². The van der Waals surface area contributed by atoms with Gasteiger partial charge in [-0.25, -0.2) is 9.59 Å². The normalized spacial score (nSPS) is 24.4. The Balaban J connectivity index is 1.12. The van der Waals surface area contributed by atoms with E-state index < -0.39 is 11.6 Å². The summed E-state index contributed by atoms with van der Waals surface area (Å²) >= 11 is 0. The summed E-state index contributed by atoms with van der Waals surface area (Å²) in [5.74, 6) is 1.80. The van der Waals surface area contributed by atoms with E-state index in [1.807, 2.05) is 61.7 Å². The summed E-state index contributed by atoms with van der Waals surface area (Å²) in [5, 5.41) is 10.4. The molecule has 1 atom stereocenters. The van der Waals surface area contributed by atoms with Crippen molar-refractivity contribution in [3.8, 4) is 0 Å². The van der Waals surface area contributed by atoms with Crippen LogP contribution in [0.4, 0.5) is 4.79 Å². The predicted octanol–water partition coefficient (Wildman–Crippen LogP) is 5.94. The summed E-state index contributed by atoms with van der Waals surface area (Å²) in [7, 11) is 0. The van der Waals surface area contributed by atoms with Crippen LogP contribution in [0.2, 0.25) is 0 Å². The lowest BCUT2D eigenvalue weighted by Gasteiger charge is -2.53. The minimum Gasteiger partial charge on any atom is -0.463 e. The fraction of sp³-hybridized carbons (Fsp3) is 0.500. The second-order valence-electron chi connectivity index (χ2n) is 14.0. The summed E-state index contributed by atoms with van der Waals surface area (Å²) in [6.45, 7) is 6.65. The first-order chi connectivity index (χ1) is 22.7. The monoisotopic (exact) mass is 640 g/mol. The largest absolute Gasteiger partial charge is 0.463 e. The lowest BCUT2D eigenvalue weighted by atomic mass is 9.55. The van der Waals surface area contributed by atoms with Gasteiger partial charge < -0.3 is 30.4 Å². The lowest BCUT2D eigenvalue weighted by Crippen LogP contribution is -2.60. The summed E-state index contributed by atoms with van der Waals surface area (Å²) in [6.07, 6.45) is 9.63. The summed E-state index contributed by atoms with van der Waals surface area (Å²) < 4.78 is 11.2. The molecule has 1 unspecified atom stereocenters. The first-order valence-corrected chi connectivity index (χ1v) is 17.2. The van der Waals surface area contributed by atoms with Crippen LogP contribution in [-0.2, 0) is 38.4 Å². The third-order valence-electron chi connectivity index (χ3n) is 10.5. The van der Waals surface area contributed by atoms with E-state index in [2.05, 4.69) is 20.9 Å². The molecule has 2 aromatic carbocycles. The Morgan fingerprint density at radius 1 is 0.915 bits per heavy atom. The van der Waals surface area contributed by atoms with E-state index in [0.29, 0.717) is 50.1 Å². The molecule has 0 radical (unpaired) electrons. The molecule has 9 heteroatoms. The van der Waals surface area contributed by atoms with Crippen molar-refractivity contribution in [1.82, 2.24) is 20.9 Å². The number of allylic oxidation sites excluding steroid dienone is 1. The molecular formula is C38H48N4O5. The molecule has 0 saturated heterocycles. The number of aromatic amines is 1. The molecule has 1 aromatic heterocycles. The summed E-state index contributed by atoms with van der Waals surface area (Å²) in [6, 6.07) is 16.0. The number of amides is 2. The van der Waals surface area contributed by atoms with Gasteiger partial charge in [-0.3, -0.25) is 4.79 Å². The Bertz CT molecular complexity index is 1600. The Hall–Kier alpha value is -4.27. The van der Waals surface area contributed by atoms with Crippen molar-refractivity contribution in [2.75, 3.05) is 13.2 Å². The van der Waals surface area contributed by atoms with E-state index in [0.717, 1.165) is 65.1 Å². The second-order valence-corrected chi connectivity index (χ2v) is 14.0. The van der Waals surface area contributed by atoms with Gasteiger partial charge in [0.1, 0.15) is 11.6 Å². The molecule has 9 nitrogen and oxygen atoms in total. The Morgan fingerprint density at radius 3 is 2.32 bits per heavy atom. The molecule has 4 aliphatic carbocycles. The number of H-pyrrole nitrogens is 1. The highest BCUT2D eigenvalue weighted by Gasteiger charge is 2.50. The van der Waals surface area contributed by atoms with Crippen LogP contribution in [0.5, 0.6) is 0 Å². The van der Waals surface area contributed by atoms with E-state index in [9.17, 15) is 14.4 Å². The minimum absolute atomic E-state index is 0.0657. The van der Waals surface area contributed by atoms with Gasteiger partial charge in [0, 0.05) is 48.4 Å². The van der Waals surface area contributed by atoms with Crippen molar-refractivity contribution in [2.24, 2.45) is 23.7 Å². The van der Waals surface area contributed by atoms with E-state index in [1.165, 1.54) is 12.5 Å². The topological polar surface area (TPSA) is 122 Å². The van der Waals surface area contributed by atoms with E-state index in [-0.39, 0.29) is 18.0 Å². The number of para-hydroxylation sites is 1. The summed E-state index contributed by atoms with van der Waals surface area (Å²) in [4.78, 5) is 42.6. The molecular weight excluding hydrogens is 592 g/mol. The molecule has 1 heterocycles. The van der Waals surface area contributed by atoms with Crippen molar-refractivity contribution in [3.05, 3.63) is 83.2 Å². The maximum Gasteiger partial charge on any atom is 0.408 e. The molecule has 0 spiro atoms. The number of carbonyl (C=O) groups is 3. The fourth-order valence-electron chi connectivity index (χ4n) is 8.41. The number of rotatable bonds is 13. The van der Waals surface area contributed by atoms with Gasteiger partial charge in [-0.1, -0.05) is 42.5 Å². The fourth-order valence-corrected chi connectivity index (χ4v) is 8.41. The smallest absolute Gasteiger partial charge is 0.408 e. The van der Waals surface area contributed by atoms with Crippen molar-refractivity contribution >= 4 is 28.9 Å². The lowest BCUT2D eigenvalue weighted by molar-refractivity contribution is -0.137. The number of esters is 1. The van der Waals surface area contributed by atoms with Gasteiger partial charge in [0.15, 0.2) is 0 Å². The van der Waals surface area contributed by atoms with Crippen LogP contribution in [0.1, 0.15) is 69.6 Å².